The van der Waals surface area contributed by atoms with Crippen molar-refractivity contribution < 1.29 is 4.79 Å². The van der Waals surface area contributed by atoms with E-state index in [1.165, 1.54) is 30.5 Å². The fourth-order valence-corrected chi connectivity index (χ4v) is 3.28. The number of fused-ring (bicyclic) bond motifs is 1. The monoisotopic (exact) mass is 374 g/mol. The first-order valence-corrected chi connectivity index (χ1v) is 9.70. The maximum Gasteiger partial charge on any atom is 0.244 e. The van der Waals surface area contributed by atoms with Gasteiger partial charge in [-0.2, -0.15) is 5.10 Å². The number of likely N-dealkylation sites (N-methyl/N-ethyl adjacent to an activating group) is 1. The molecule has 0 fully saturated rings. The second kappa shape index (κ2) is 8.60. The quantitative estimate of drug-likeness (QED) is 0.731. The Balaban J connectivity index is 1.62. The molecule has 1 aliphatic rings. The van der Waals surface area contributed by atoms with E-state index >= 15 is 0 Å². The molecular formula is C18H30N8O. The zero-order valence-corrected chi connectivity index (χ0v) is 16.8. The Morgan fingerprint density at radius 2 is 1.96 bits per heavy atom. The van der Waals surface area contributed by atoms with Crippen LogP contribution in [0.4, 0.5) is 0 Å². The molecule has 2 aromatic heterocycles. The third kappa shape index (κ3) is 4.71. The molecule has 0 bridgehead atoms. The van der Waals surface area contributed by atoms with Gasteiger partial charge >= 0.3 is 0 Å². The van der Waals surface area contributed by atoms with E-state index in [2.05, 4.69) is 44.5 Å². The number of amides is 1. The molecule has 1 amide bonds. The molecule has 0 spiro atoms. The van der Waals surface area contributed by atoms with Crippen LogP contribution in [0, 0.1) is 0 Å². The van der Waals surface area contributed by atoms with E-state index in [0.29, 0.717) is 25.0 Å². The predicted octanol–water partition coefficient (Wildman–Crippen LogP) is 1.16. The van der Waals surface area contributed by atoms with E-state index < -0.39 is 0 Å². The smallest absolute Gasteiger partial charge is 0.244 e. The number of aromatic amines is 1. The van der Waals surface area contributed by atoms with Crippen LogP contribution in [0.25, 0.3) is 0 Å². The molecule has 0 saturated carbocycles. The minimum Gasteiger partial charge on any atom is -0.338 e. The van der Waals surface area contributed by atoms with Gasteiger partial charge in [-0.1, -0.05) is 6.42 Å². The maximum absolute atomic E-state index is 12.7. The van der Waals surface area contributed by atoms with Gasteiger partial charge in [-0.05, 0) is 62.6 Å². The first-order valence-electron chi connectivity index (χ1n) is 9.70. The Morgan fingerprint density at radius 3 is 2.74 bits per heavy atom. The third-order valence-corrected chi connectivity index (χ3v) is 5.37. The number of tetrazole rings is 1. The summed E-state index contributed by atoms with van der Waals surface area (Å²) in [6, 6.07) is 0.378. The Bertz CT molecular complexity index is 765. The predicted molar refractivity (Wildman–Crippen MR) is 101 cm³/mol. The maximum atomic E-state index is 12.7. The molecule has 2 aromatic rings. The van der Waals surface area contributed by atoms with Gasteiger partial charge in [-0.3, -0.25) is 14.8 Å². The number of nitrogens with one attached hydrogen (secondary N) is 1. The van der Waals surface area contributed by atoms with Crippen LogP contribution < -0.4 is 0 Å². The van der Waals surface area contributed by atoms with Gasteiger partial charge in [0.25, 0.3) is 0 Å². The lowest BCUT2D eigenvalue weighted by molar-refractivity contribution is -0.131. The Morgan fingerprint density at radius 1 is 1.19 bits per heavy atom. The lowest BCUT2D eigenvalue weighted by Crippen LogP contribution is -2.32. The molecule has 0 radical (unpaired) electrons. The van der Waals surface area contributed by atoms with Crippen LogP contribution in [0.15, 0.2) is 0 Å². The number of nitrogens with zero attached hydrogens (tertiary/aromatic N) is 7. The molecule has 1 aliphatic carbocycles. The lowest BCUT2D eigenvalue weighted by atomic mass is 10.1. The first-order chi connectivity index (χ1) is 13.0. The van der Waals surface area contributed by atoms with E-state index in [1.54, 1.807) is 9.58 Å². The van der Waals surface area contributed by atoms with E-state index in [-0.39, 0.29) is 12.5 Å². The number of aryl methyl sites for hydroxylation is 1. The second-order valence-corrected chi connectivity index (χ2v) is 7.70. The van der Waals surface area contributed by atoms with Crippen molar-refractivity contribution in [1.82, 2.24) is 40.2 Å². The minimum absolute atomic E-state index is 0.0267. The summed E-state index contributed by atoms with van der Waals surface area (Å²) < 4.78 is 1.59. The fraction of sp³-hybridized carbons (Fsp3) is 0.722. The molecule has 0 aromatic carbocycles. The van der Waals surface area contributed by atoms with Gasteiger partial charge in [-0.15, -0.1) is 5.10 Å². The summed E-state index contributed by atoms with van der Waals surface area (Å²) in [6.45, 7) is 5.47. The number of hydrogen-bond acceptors (Lipinski definition) is 6. The van der Waals surface area contributed by atoms with Gasteiger partial charge in [0.15, 0.2) is 5.82 Å². The average molecular weight is 374 g/mol. The van der Waals surface area contributed by atoms with Gasteiger partial charge in [0.1, 0.15) is 6.54 Å². The van der Waals surface area contributed by atoms with E-state index in [1.807, 2.05) is 14.1 Å². The fourth-order valence-electron chi connectivity index (χ4n) is 3.28. The van der Waals surface area contributed by atoms with Gasteiger partial charge in [0.05, 0.1) is 18.8 Å². The topological polar surface area (TPSA) is 95.8 Å². The number of aromatic nitrogens is 6. The molecule has 0 saturated heterocycles. The Kier molecular flexibility index (Phi) is 6.20. The molecule has 27 heavy (non-hydrogen) atoms. The SMILES string of the molecule is CC(C)N(C)Cc1nnnn1CC(=O)N(C)Cc1n[nH]c2c1CCCCC2. The normalized spacial score (nSPS) is 14.4. The molecule has 3 rings (SSSR count). The molecule has 148 valence electrons. The highest BCUT2D eigenvalue weighted by Gasteiger charge is 2.20. The summed E-state index contributed by atoms with van der Waals surface area (Å²) in [5.41, 5.74) is 3.52. The van der Waals surface area contributed by atoms with Crippen molar-refractivity contribution in [3.63, 3.8) is 0 Å². The first kappa shape index (κ1) is 19.5. The highest BCUT2D eigenvalue weighted by Crippen LogP contribution is 2.22. The van der Waals surface area contributed by atoms with Crippen LogP contribution in [-0.4, -0.2) is 66.2 Å². The molecule has 0 atom stereocenters. The summed E-state index contributed by atoms with van der Waals surface area (Å²) in [5.74, 6) is 0.669. The van der Waals surface area contributed by atoms with Crippen molar-refractivity contribution in [2.45, 2.75) is 71.6 Å². The molecule has 0 unspecified atom stereocenters. The zero-order chi connectivity index (χ0) is 19.4. The van der Waals surface area contributed by atoms with E-state index in [4.69, 9.17) is 0 Å². The molecular weight excluding hydrogens is 344 g/mol. The van der Waals surface area contributed by atoms with Gasteiger partial charge in [0, 0.05) is 18.8 Å². The molecule has 2 heterocycles. The second-order valence-electron chi connectivity index (χ2n) is 7.70. The summed E-state index contributed by atoms with van der Waals surface area (Å²) >= 11 is 0. The summed E-state index contributed by atoms with van der Waals surface area (Å²) in [7, 11) is 3.82. The summed E-state index contributed by atoms with van der Waals surface area (Å²) in [5, 5.41) is 19.4. The largest absolute Gasteiger partial charge is 0.338 e. The van der Waals surface area contributed by atoms with Gasteiger partial charge < -0.3 is 4.90 Å². The van der Waals surface area contributed by atoms with Crippen molar-refractivity contribution in [1.29, 1.82) is 0 Å². The number of carbonyl (C=O) groups excluding carboxylic acids is 1. The highest BCUT2D eigenvalue weighted by atomic mass is 16.2. The Hall–Kier alpha value is -2.29. The van der Waals surface area contributed by atoms with Crippen molar-refractivity contribution in [3.05, 3.63) is 22.8 Å². The number of hydrogen-bond donors (Lipinski definition) is 1. The van der Waals surface area contributed by atoms with Gasteiger partial charge in [0.2, 0.25) is 5.91 Å². The Labute approximate surface area is 160 Å². The van der Waals surface area contributed by atoms with Crippen molar-refractivity contribution in [2.75, 3.05) is 14.1 Å². The van der Waals surface area contributed by atoms with Crippen LogP contribution >= 0.6 is 0 Å². The van der Waals surface area contributed by atoms with Crippen LogP contribution in [-0.2, 0) is 37.3 Å². The molecule has 0 aliphatic heterocycles. The zero-order valence-electron chi connectivity index (χ0n) is 16.8. The average Bonchev–Trinajstić information content (AvgIpc) is 3.14. The number of rotatable bonds is 7. The molecule has 9 nitrogen and oxygen atoms in total. The van der Waals surface area contributed by atoms with E-state index in [9.17, 15) is 4.79 Å². The summed E-state index contributed by atoms with van der Waals surface area (Å²) in [6.07, 6.45) is 5.74. The van der Waals surface area contributed by atoms with Crippen LogP contribution in [0.3, 0.4) is 0 Å². The highest BCUT2D eigenvalue weighted by molar-refractivity contribution is 5.75. The summed E-state index contributed by atoms with van der Waals surface area (Å²) in [4.78, 5) is 16.5. The molecule has 9 heteroatoms. The van der Waals surface area contributed by atoms with Crippen molar-refractivity contribution in [2.24, 2.45) is 0 Å². The standard InChI is InChI=1S/C18H30N8O/c1-13(2)24(3)11-17-21-22-23-26(17)12-18(27)25(4)10-16-14-8-6-5-7-9-15(14)19-20-16/h13H,5-12H2,1-4H3,(H,19,20). The van der Waals surface area contributed by atoms with Crippen molar-refractivity contribution >= 4 is 5.91 Å². The lowest BCUT2D eigenvalue weighted by Gasteiger charge is -2.20. The number of carbonyl (C=O) groups is 1. The van der Waals surface area contributed by atoms with Crippen LogP contribution in [0.5, 0.6) is 0 Å². The third-order valence-electron chi connectivity index (χ3n) is 5.37. The van der Waals surface area contributed by atoms with Gasteiger partial charge in [-0.25, -0.2) is 4.68 Å². The van der Waals surface area contributed by atoms with Crippen LogP contribution in [0.1, 0.15) is 55.9 Å². The molecule has 1 N–H and O–H groups in total. The van der Waals surface area contributed by atoms with E-state index in [0.717, 1.165) is 18.5 Å². The van der Waals surface area contributed by atoms with Crippen LogP contribution in [0.2, 0.25) is 0 Å². The number of H-pyrrole nitrogens is 1. The minimum atomic E-state index is -0.0267. The van der Waals surface area contributed by atoms with Crippen molar-refractivity contribution in [3.8, 4) is 0 Å².